The maximum Gasteiger partial charge on any atom is 0.0924 e. The lowest BCUT2D eigenvalue weighted by molar-refractivity contribution is 1.31. The van der Waals surface area contributed by atoms with Crippen molar-refractivity contribution in [3.63, 3.8) is 0 Å². The van der Waals surface area contributed by atoms with E-state index in [9.17, 15) is 0 Å². The summed E-state index contributed by atoms with van der Waals surface area (Å²) in [6, 6.07) is 8.18. The van der Waals surface area contributed by atoms with Gasteiger partial charge in [-0.05, 0) is 11.5 Å². The molecule has 1 N–H and O–H groups in total. The second-order valence-corrected chi connectivity index (χ2v) is 3.37. The summed E-state index contributed by atoms with van der Waals surface area (Å²) >= 11 is 0. The van der Waals surface area contributed by atoms with E-state index >= 15 is 0 Å². The van der Waals surface area contributed by atoms with Crippen LogP contribution in [0.1, 0.15) is 0 Å². The van der Waals surface area contributed by atoms with E-state index in [1.54, 1.807) is 6.33 Å². The van der Waals surface area contributed by atoms with Crippen LogP contribution in [-0.2, 0) is 0 Å². The average molecular weight is 195 g/mol. The van der Waals surface area contributed by atoms with Gasteiger partial charge in [0.15, 0.2) is 0 Å². The summed E-state index contributed by atoms with van der Waals surface area (Å²) in [5.74, 6) is 0. The van der Waals surface area contributed by atoms with E-state index in [-0.39, 0.29) is 0 Å². The quantitative estimate of drug-likeness (QED) is 0.648. The minimum atomic E-state index is 1.03. The molecule has 72 valence electrons. The Morgan fingerprint density at radius 3 is 2.87 bits per heavy atom. The van der Waals surface area contributed by atoms with Gasteiger partial charge in [0.25, 0.3) is 0 Å². The van der Waals surface area contributed by atoms with Crippen LogP contribution in [-0.4, -0.2) is 15.0 Å². The van der Waals surface area contributed by atoms with Gasteiger partial charge in [-0.15, -0.1) is 0 Å². The maximum absolute atomic E-state index is 4.11. The molecule has 0 unspecified atom stereocenters. The summed E-state index contributed by atoms with van der Waals surface area (Å²) in [5.41, 5.74) is 2.19. The molecule has 0 aliphatic carbocycles. The molecule has 0 fully saturated rings. The minimum Gasteiger partial charge on any atom is -0.345 e. The smallest absolute Gasteiger partial charge is 0.0924 e. The highest BCUT2D eigenvalue weighted by atomic mass is 14.9. The van der Waals surface area contributed by atoms with E-state index in [4.69, 9.17) is 0 Å². The summed E-state index contributed by atoms with van der Waals surface area (Å²) in [7, 11) is 0. The molecule has 2 aromatic heterocycles. The topological polar surface area (TPSA) is 41.6 Å². The van der Waals surface area contributed by atoms with E-state index in [1.165, 1.54) is 5.39 Å². The standard InChI is InChI=1S/C12H9N3/c1-2-9-6-13-5-4-10(9)11(3-1)12-7-14-8-15-12/h1-8H,(H,14,15). The molecule has 0 aliphatic rings. The van der Waals surface area contributed by atoms with Gasteiger partial charge in [-0.1, -0.05) is 18.2 Å². The van der Waals surface area contributed by atoms with Crippen LogP contribution in [0.25, 0.3) is 22.0 Å². The molecular formula is C12H9N3. The number of nitrogens with zero attached hydrogens (tertiary/aromatic N) is 2. The Bertz CT molecular complexity index is 579. The Labute approximate surface area is 86.8 Å². The Balaban J connectivity index is 2.36. The normalized spacial score (nSPS) is 10.7. The number of benzene rings is 1. The van der Waals surface area contributed by atoms with Crippen molar-refractivity contribution in [2.24, 2.45) is 0 Å². The molecule has 3 aromatic rings. The monoisotopic (exact) mass is 195 g/mol. The molecule has 15 heavy (non-hydrogen) atoms. The summed E-state index contributed by atoms with van der Waals surface area (Å²) in [4.78, 5) is 11.3. The van der Waals surface area contributed by atoms with Crippen molar-refractivity contribution in [3.8, 4) is 11.3 Å². The predicted molar refractivity (Wildman–Crippen MR) is 59.3 cm³/mol. The van der Waals surface area contributed by atoms with Crippen LogP contribution < -0.4 is 0 Å². The average Bonchev–Trinajstić information content (AvgIpc) is 2.82. The molecule has 3 nitrogen and oxygen atoms in total. The largest absolute Gasteiger partial charge is 0.345 e. The number of hydrogen-bond donors (Lipinski definition) is 1. The first-order valence-corrected chi connectivity index (χ1v) is 4.76. The summed E-state index contributed by atoms with van der Waals surface area (Å²) in [5, 5.41) is 2.33. The Morgan fingerprint density at radius 1 is 1.00 bits per heavy atom. The van der Waals surface area contributed by atoms with E-state index in [1.807, 2.05) is 30.7 Å². The van der Waals surface area contributed by atoms with Crippen LogP contribution in [0.2, 0.25) is 0 Å². The molecule has 0 saturated carbocycles. The first-order valence-electron chi connectivity index (χ1n) is 4.76. The van der Waals surface area contributed by atoms with Crippen LogP contribution in [0.3, 0.4) is 0 Å². The van der Waals surface area contributed by atoms with E-state index in [0.29, 0.717) is 0 Å². The first kappa shape index (κ1) is 8.17. The Kier molecular flexibility index (Phi) is 1.75. The second-order valence-electron chi connectivity index (χ2n) is 3.37. The number of hydrogen-bond acceptors (Lipinski definition) is 2. The van der Waals surface area contributed by atoms with Crippen LogP contribution in [0, 0.1) is 0 Å². The van der Waals surface area contributed by atoms with Gasteiger partial charge in [-0.25, -0.2) is 4.98 Å². The van der Waals surface area contributed by atoms with Crippen molar-refractivity contribution in [2.45, 2.75) is 0 Å². The Morgan fingerprint density at radius 2 is 2.00 bits per heavy atom. The number of aromatic amines is 1. The lowest BCUT2D eigenvalue weighted by Crippen LogP contribution is -1.81. The van der Waals surface area contributed by atoms with Crippen LogP contribution >= 0.6 is 0 Å². The zero-order chi connectivity index (χ0) is 10.1. The summed E-state index contributed by atoms with van der Waals surface area (Å²) < 4.78 is 0. The molecule has 0 spiro atoms. The van der Waals surface area contributed by atoms with E-state index < -0.39 is 0 Å². The Hall–Kier alpha value is -2.16. The van der Waals surface area contributed by atoms with Crippen LogP contribution in [0.4, 0.5) is 0 Å². The molecule has 0 amide bonds. The lowest BCUT2D eigenvalue weighted by Gasteiger charge is -2.02. The van der Waals surface area contributed by atoms with Crippen LogP contribution in [0.15, 0.2) is 49.2 Å². The number of nitrogens with one attached hydrogen (secondary N) is 1. The number of fused-ring (bicyclic) bond motifs is 1. The van der Waals surface area contributed by atoms with E-state index in [0.717, 1.165) is 16.6 Å². The van der Waals surface area contributed by atoms with Gasteiger partial charge < -0.3 is 4.98 Å². The SMILES string of the molecule is c1cc(-c2cnc[nH]2)c2ccncc2c1. The number of imidazole rings is 1. The molecule has 2 heterocycles. The fraction of sp³-hybridized carbons (Fsp3) is 0. The molecule has 1 aromatic carbocycles. The van der Waals surface area contributed by atoms with Gasteiger partial charge in [-0.3, -0.25) is 4.98 Å². The number of rotatable bonds is 1. The molecular weight excluding hydrogens is 186 g/mol. The number of pyridine rings is 1. The van der Waals surface area contributed by atoms with Gasteiger partial charge in [0, 0.05) is 23.3 Å². The predicted octanol–water partition coefficient (Wildman–Crippen LogP) is 2.62. The maximum atomic E-state index is 4.11. The van der Waals surface area contributed by atoms with Crippen molar-refractivity contribution in [3.05, 3.63) is 49.2 Å². The van der Waals surface area contributed by atoms with Crippen molar-refractivity contribution in [1.29, 1.82) is 0 Å². The zero-order valence-electron chi connectivity index (χ0n) is 8.01. The summed E-state index contributed by atoms with van der Waals surface area (Å²) in [6.45, 7) is 0. The van der Waals surface area contributed by atoms with Gasteiger partial charge in [0.1, 0.15) is 0 Å². The van der Waals surface area contributed by atoms with Crippen molar-refractivity contribution < 1.29 is 0 Å². The molecule has 0 saturated heterocycles. The van der Waals surface area contributed by atoms with Gasteiger partial charge >= 0.3 is 0 Å². The molecule has 0 bridgehead atoms. The van der Waals surface area contributed by atoms with Crippen molar-refractivity contribution in [1.82, 2.24) is 15.0 Å². The highest BCUT2D eigenvalue weighted by Crippen LogP contribution is 2.25. The lowest BCUT2D eigenvalue weighted by atomic mass is 10.0. The third-order valence-corrected chi connectivity index (χ3v) is 2.47. The van der Waals surface area contributed by atoms with Crippen molar-refractivity contribution >= 4 is 10.8 Å². The van der Waals surface area contributed by atoms with E-state index in [2.05, 4.69) is 27.1 Å². The fourth-order valence-corrected chi connectivity index (χ4v) is 1.76. The minimum absolute atomic E-state index is 1.03. The highest BCUT2D eigenvalue weighted by Gasteiger charge is 2.03. The van der Waals surface area contributed by atoms with Crippen LogP contribution in [0.5, 0.6) is 0 Å². The summed E-state index contributed by atoms with van der Waals surface area (Å²) in [6.07, 6.45) is 7.20. The van der Waals surface area contributed by atoms with Gasteiger partial charge in [-0.2, -0.15) is 0 Å². The third-order valence-electron chi connectivity index (χ3n) is 2.47. The van der Waals surface area contributed by atoms with Gasteiger partial charge in [0.05, 0.1) is 18.2 Å². The molecule has 0 radical (unpaired) electrons. The molecule has 3 rings (SSSR count). The molecule has 0 aliphatic heterocycles. The third kappa shape index (κ3) is 1.29. The second kappa shape index (κ2) is 3.20. The fourth-order valence-electron chi connectivity index (χ4n) is 1.76. The number of aromatic nitrogens is 3. The number of H-pyrrole nitrogens is 1. The molecule has 0 atom stereocenters. The highest BCUT2D eigenvalue weighted by molar-refractivity contribution is 5.95. The van der Waals surface area contributed by atoms with Crippen molar-refractivity contribution in [2.75, 3.05) is 0 Å². The van der Waals surface area contributed by atoms with Gasteiger partial charge in [0.2, 0.25) is 0 Å². The molecule has 3 heteroatoms. The zero-order valence-corrected chi connectivity index (χ0v) is 8.01. The first-order chi connectivity index (χ1) is 7.45.